The lowest BCUT2D eigenvalue weighted by atomic mass is 10.0. The number of rotatable bonds is 6. The maximum Gasteiger partial charge on any atom is 0.416 e. The molecule has 172 valence electrons. The number of hydrogen-bond donors (Lipinski definition) is 2. The number of fused-ring (bicyclic) bond motifs is 1. The number of benzene rings is 2. The quantitative estimate of drug-likeness (QED) is 0.676. The lowest BCUT2D eigenvalue weighted by Gasteiger charge is -2.34. The predicted octanol–water partition coefficient (Wildman–Crippen LogP) is 2.84. The minimum atomic E-state index is -3.91. The van der Waals surface area contributed by atoms with Gasteiger partial charge in [0.15, 0.2) is 5.82 Å². The van der Waals surface area contributed by atoms with Crippen LogP contribution in [0, 0.1) is 5.82 Å². The fraction of sp³-hybridized carbons (Fsp3) is 0.300. The molecule has 0 fully saturated rings. The molecule has 0 aromatic heterocycles. The van der Waals surface area contributed by atoms with Crippen molar-refractivity contribution in [1.82, 2.24) is 14.5 Å². The molecule has 1 heterocycles. The second kappa shape index (κ2) is 9.01. The van der Waals surface area contributed by atoms with E-state index in [2.05, 4.69) is 4.72 Å². The van der Waals surface area contributed by atoms with E-state index in [1.165, 1.54) is 41.1 Å². The van der Waals surface area contributed by atoms with E-state index in [0.717, 1.165) is 0 Å². The van der Waals surface area contributed by atoms with Crippen LogP contribution in [0.2, 0.25) is 0 Å². The highest BCUT2D eigenvalue weighted by atomic mass is 32.2. The number of carbonyl (C=O) groups is 2. The summed E-state index contributed by atoms with van der Waals surface area (Å²) in [5.41, 5.74) is 0.495. The minimum absolute atomic E-state index is 0.102. The van der Waals surface area contributed by atoms with Crippen molar-refractivity contribution in [2.45, 2.75) is 19.5 Å². The molecule has 0 spiro atoms. The topological polar surface area (TPSA) is 117 Å². The molecule has 1 unspecified atom stereocenters. The van der Waals surface area contributed by atoms with Gasteiger partial charge in [0.05, 0.1) is 18.3 Å². The summed E-state index contributed by atoms with van der Waals surface area (Å²) in [4.78, 5) is 26.9. The number of ether oxygens (including phenoxy) is 2. The molecular weight excluding hydrogens is 443 g/mol. The highest BCUT2D eigenvalue weighted by Gasteiger charge is 2.33. The standard InChI is InChI=1S/C20H23FN4O6S/c1-12-15-9-8-14(30-19(26)24(3)4)10-17(15)31-20(27)25(12)11-13-6-5-7-16(18(13)21)23-32(28,29)22-2/h5-10,12,22-23H,11H2,1-4H3. The molecule has 3 rings (SSSR count). The normalized spacial score (nSPS) is 15.6. The molecule has 2 aromatic rings. The van der Waals surface area contributed by atoms with Crippen LogP contribution >= 0.6 is 0 Å². The highest BCUT2D eigenvalue weighted by molar-refractivity contribution is 7.90. The van der Waals surface area contributed by atoms with E-state index in [9.17, 15) is 22.4 Å². The SMILES string of the molecule is CNS(=O)(=O)Nc1cccc(CN2C(=O)Oc3cc(OC(=O)N(C)C)ccc3C2C)c1F. The lowest BCUT2D eigenvalue weighted by molar-refractivity contribution is 0.116. The average Bonchev–Trinajstić information content (AvgIpc) is 2.73. The van der Waals surface area contributed by atoms with Gasteiger partial charge in [-0.1, -0.05) is 12.1 Å². The maximum absolute atomic E-state index is 14.9. The van der Waals surface area contributed by atoms with Crippen LogP contribution in [0.3, 0.4) is 0 Å². The molecule has 0 saturated carbocycles. The first kappa shape index (κ1) is 23.3. The Morgan fingerprint density at radius 2 is 2.00 bits per heavy atom. The summed E-state index contributed by atoms with van der Waals surface area (Å²) in [7, 11) is 0.366. The number of hydrogen-bond acceptors (Lipinski definition) is 6. The van der Waals surface area contributed by atoms with Gasteiger partial charge in [-0.05, 0) is 25.1 Å². The van der Waals surface area contributed by atoms with Crippen LogP contribution in [0.25, 0.3) is 0 Å². The Balaban J connectivity index is 1.83. The third-order valence-corrected chi connectivity index (χ3v) is 5.86. The first-order chi connectivity index (χ1) is 15.0. The Morgan fingerprint density at radius 3 is 2.66 bits per heavy atom. The molecule has 12 heteroatoms. The summed E-state index contributed by atoms with van der Waals surface area (Å²) >= 11 is 0. The summed E-state index contributed by atoms with van der Waals surface area (Å²) in [5.74, 6) is -0.353. The van der Waals surface area contributed by atoms with Gasteiger partial charge in [-0.15, -0.1) is 0 Å². The van der Waals surface area contributed by atoms with Crippen molar-refractivity contribution < 1.29 is 31.9 Å². The summed E-state index contributed by atoms with van der Waals surface area (Å²) < 4.78 is 53.0. The van der Waals surface area contributed by atoms with E-state index in [4.69, 9.17) is 9.47 Å². The number of halogens is 1. The molecule has 1 atom stereocenters. The van der Waals surface area contributed by atoms with Crippen molar-refractivity contribution in [3.05, 3.63) is 53.3 Å². The summed E-state index contributed by atoms with van der Waals surface area (Å²) in [6.07, 6.45) is -1.30. The van der Waals surface area contributed by atoms with Crippen molar-refractivity contribution in [3.8, 4) is 11.5 Å². The van der Waals surface area contributed by atoms with Crippen molar-refractivity contribution in [2.24, 2.45) is 0 Å². The average molecular weight is 466 g/mol. The second-order valence-corrected chi connectivity index (χ2v) is 8.84. The number of nitrogens with one attached hydrogen (secondary N) is 2. The van der Waals surface area contributed by atoms with Crippen LogP contribution in [0.1, 0.15) is 24.1 Å². The molecule has 2 N–H and O–H groups in total. The lowest BCUT2D eigenvalue weighted by Crippen LogP contribution is -2.39. The summed E-state index contributed by atoms with van der Waals surface area (Å²) in [6.45, 7) is 1.59. The van der Waals surface area contributed by atoms with E-state index in [1.54, 1.807) is 33.2 Å². The second-order valence-electron chi connectivity index (χ2n) is 7.22. The van der Waals surface area contributed by atoms with E-state index >= 15 is 0 Å². The van der Waals surface area contributed by atoms with Gasteiger partial charge >= 0.3 is 12.2 Å². The Labute approximate surface area is 185 Å². The zero-order chi connectivity index (χ0) is 23.6. The monoisotopic (exact) mass is 466 g/mol. The van der Waals surface area contributed by atoms with Gasteiger partial charge in [-0.2, -0.15) is 8.42 Å². The molecule has 0 radical (unpaired) electrons. The van der Waals surface area contributed by atoms with Crippen molar-refractivity contribution in [2.75, 3.05) is 25.9 Å². The maximum atomic E-state index is 14.9. The highest BCUT2D eigenvalue weighted by Crippen LogP contribution is 2.38. The zero-order valence-corrected chi connectivity index (χ0v) is 18.7. The van der Waals surface area contributed by atoms with Crippen LogP contribution in [0.5, 0.6) is 11.5 Å². The largest absolute Gasteiger partial charge is 0.416 e. The smallest absolute Gasteiger partial charge is 0.410 e. The van der Waals surface area contributed by atoms with Crippen molar-refractivity contribution in [1.29, 1.82) is 0 Å². The molecular formula is C20H23FN4O6S. The van der Waals surface area contributed by atoms with Gasteiger partial charge < -0.3 is 14.4 Å². The van der Waals surface area contributed by atoms with E-state index in [0.29, 0.717) is 5.56 Å². The van der Waals surface area contributed by atoms with Crippen molar-refractivity contribution >= 4 is 28.1 Å². The van der Waals surface area contributed by atoms with Gasteiger partial charge in [0.25, 0.3) is 10.2 Å². The first-order valence-corrected chi connectivity index (χ1v) is 11.0. The van der Waals surface area contributed by atoms with Gasteiger partial charge in [0.1, 0.15) is 11.5 Å². The van der Waals surface area contributed by atoms with E-state index < -0.39 is 34.3 Å². The molecule has 10 nitrogen and oxygen atoms in total. The Kier molecular flexibility index (Phi) is 6.55. The molecule has 2 amide bonds. The van der Waals surface area contributed by atoms with Gasteiger partial charge in [-0.3, -0.25) is 9.62 Å². The summed E-state index contributed by atoms with van der Waals surface area (Å²) in [5, 5.41) is 0. The molecule has 1 aliphatic rings. The van der Waals surface area contributed by atoms with Gasteiger partial charge in [-0.25, -0.2) is 18.7 Å². The molecule has 1 aliphatic heterocycles. The van der Waals surface area contributed by atoms with Crippen LogP contribution in [-0.4, -0.2) is 51.5 Å². The van der Waals surface area contributed by atoms with Crippen LogP contribution in [-0.2, 0) is 16.8 Å². The fourth-order valence-electron chi connectivity index (χ4n) is 3.04. The van der Waals surface area contributed by atoms with Crippen molar-refractivity contribution in [3.63, 3.8) is 0 Å². The number of carbonyl (C=O) groups excluding carboxylic acids is 2. The predicted molar refractivity (Wildman–Crippen MR) is 114 cm³/mol. The molecule has 0 aliphatic carbocycles. The van der Waals surface area contributed by atoms with E-state index in [-0.39, 0.29) is 29.3 Å². The zero-order valence-electron chi connectivity index (χ0n) is 17.9. The fourth-order valence-corrected chi connectivity index (χ4v) is 3.59. The molecule has 0 bridgehead atoms. The number of amides is 2. The van der Waals surface area contributed by atoms with Gasteiger partial charge in [0, 0.05) is 38.3 Å². The molecule has 2 aromatic carbocycles. The minimum Gasteiger partial charge on any atom is -0.410 e. The Hall–Kier alpha value is -3.38. The number of nitrogens with zero attached hydrogens (tertiary/aromatic N) is 2. The van der Waals surface area contributed by atoms with E-state index in [1.807, 2.05) is 4.72 Å². The Bertz CT molecular complexity index is 1150. The van der Waals surface area contributed by atoms with Crippen LogP contribution in [0.4, 0.5) is 19.7 Å². The number of anilines is 1. The van der Waals surface area contributed by atoms with Gasteiger partial charge in [0.2, 0.25) is 0 Å². The Morgan fingerprint density at radius 1 is 1.28 bits per heavy atom. The third kappa shape index (κ3) is 4.92. The molecule has 32 heavy (non-hydrogen) atoms. The summed E-state index contributed by atoms with van der Waals surface area (Å²) in [6, 6.07) is 8.39. The molecule has 0 saturated heterocycles. The first-order valence-electron chi connectivity index (χ1n) is 9.52. The van der Waals surface area contributed by atoms with Crippen LogP contribution < -0.4 is 18.9 Å². The third-order valence-electron chi connectivity index (χ3n) is 4.84. The van der Waals surface area contributed by atoms with Crippen LogP contribution in [0.15, 0.2) is 36.4 Å².